The van der Waals surface area contributed by atoms with Gasteiger partial charge in [-0.25, -0.2) is 13.4 Å². The van der Waals surface area contributed by atoms with Crippen LogP contribution in [-0.2, 0) is 16.4 Å². The molecule has 0 spiro atoms. The zero-order chi connectivity index (χ0) is 20.0. The van der Waals surface area contributed by atoms with E-state index in [9.17, 15) is 8.42 Å². The highest BCUT2D eigenvalue weighted by Gasteiger charge is 2.14. The Morgan fingerprint density at radius 2 is 1.82 bits per heavy atom. The summed E-state index contributed by atoms with van der Waals surface area (Å²) in [6.07, 6.45) is 2.34. The average Bonchev–Trinajstić information content (AvgIpc) is 2.70. The van der Waals surface area contributed by atoms with Gasteiger partial charge >= 0.3 is 0 Å². The Hall–Kier alpha value is -3.06. The van der Waals surface area contributed by atoms with Crippen molar-refractivity contribution in [2.24, 2.45) is 0 Å². The second-order valence-corrected chi connectivity index (χ2v) is 8.06. The molecule has 0 saturated heterocycles. The molecule has 3 aromatic rings. The van der Waals surface area contributed by atoms with Crippen LogP contribution in [0.3, 0.4) is 0 Å². The number of aromatic nitrogens is 1. The number of sulfonamides is 1. The SMILES string of the molecule is COc1ccc(CCNc2ccc(NS(=O)(=O)c3cccc(C)c3)cn2)cc1. The number of aryl methyl sites for hydroxylation is 1. The number of rotatable bonds is 8. The number of hydrogen-bond donors (Lipinski definition) is 2. The number of ether oxygens (including phenoxy) is 1. The lowest BCUT2D eigenvalue weighted by atomic mass is 10.1. The van der Waals surface area contributed by atoms with E-state index < -0.39 is 10.0 Å². The minimum Gasteiger partial charge on any atom is -0.497 e. The van der Waals surface area contributed by atoms with E-state index in [1.807, 2.05) is 37.3 Å². The normalized spacial score (nSPS) is 11.1. The number of methoxy groups -OCH3 is 1. The van der Waals surface area contributed by atoms with E-state index in [2.05, 4.69) is 15.0 Å². The van der Waals surface area contributed by atoms with Crippen LogP contribution in [0.25, 0.3) is 0 Å². The predicted octanol–water partition coefficient (Wildman–Crippen LogP) is 3.85. The number of anilines is 2. The molecule has 146 valence electrons. The number of nitrogens with zero attached hydrogens (tertiary/aromatic N) is 1. The fourth-order valence-electron chi connectivity index (χ4n) is 2.68. The van der Waals surface area contributed by atoms with E-state index in [0.717, 1.165) is 17.7 Å². The minimum atomic E-state index is -3.63. The van der Waals surface area contributed by atoms with Crippen molar-refractivity contribution in [2.45, 2.75) is 18.2 Å². The fraction of sp³-hybridized carbons (Fsp3) is 0.190. The molecule has 0 radical (unpaired) electrons. The van der Waals surface area contributed by atoms with E-state index in [1.54, 1.807) is 37.4 Å². The van der Waals surface area contributed by atoms with Gasteiger partial charge in [0.25, 0.3) is 10.0 Å². The van der Waals surface area contributed by atoms with Gasteiger partial charge in [0.15, 0.2) is 0 Å². The Morgan fingerprint density at radius 1 is 1.04 bits per heavy atom. The standard InChI is InChI=1S/C21H23N3O3S/c1-16-4-3-5-20(14-16)28(25,26)24-18-8-11-21(23-15-18)22-13-12-17-6-9-19(27-2)10-7-17/h3-11,14-15,24H,12-13H2,1-2H3,(H,22,23). The number of nitrogens with one attached hydrogen (secondary N) is 2. The smallest absolute Gasteiger partial charge is 0.261 e. The van der Waals surface area contributed by atoms with Gasteiger partial charge in [-0.3, -0.25) is 4.72 Å². The number of benzene rings is 2. The van der Waals surface area contributed by atoms with Gasteiger partial charge in [-0.05, 0) is 60.9 Å². The molecule has 0 unspecified atom stereocenters. The van der Waals surface area contributed by atoms with Crippen molar-refractivity contribution in [1.29, 1.82) is 0 Å². The summed E-state index contributed by atoms with van der Waals surface area (Å²) in [5.41, 5.74) is 2.50. The van der Waals surface area contributed by atoms with Crippen LogP contribution in [0.2, 0.25) is 0 Å². The molecule has 0 saturated carbocycles. The molecule has 0 amide bonds. The molecule has 7 heteroatoms. The van der Waals surface area contributed by atoms with Crippen molar-refractivity contribution in [1.82, 2.24) is 4.98 Å². The maximum atomic E-state index is 12.4. The third-order valence-electron chi connectivity index (χ3n) is 4.19. The first-order chi connectivity index (χ1) is 13.5. The van der Waals surface area contributed by atoms with Crippen molar-refractivity contribution in [2.75, 3.05) is 23.7 Å². The maximum absolute atomic E-state index is 12.4. The molecular formula is C21H23N3O3S. The maximum Gasteiger partial charge on any atom is 0.261 e. The summed E-state index contributed by atoms with van der Waals surface area (Å²) < 4.78 is 32.6. The Labute approximate surface area is 165 Å². The number of hydrogen-bond acceptors (Lipinski definition) is 5. The summed E-state index contributed by atoms with van der Waals surface area (Å²) in [6.45, 7) is 2.57. The lowest BCUT2D eigenvalue weighted by Gasteiger charge is -2.10. The molecule has 0 atom stereocenters. The van der Waals surface area contributed by atoms with Gasteiger partial charge < -0.3 is 10.1 Å². The minimum absolute atomic E-state index is 0.231. The summed E-state index contributed by atoms with van der Waals surface area (Å²) >= 11 is 0. The summed E-state index contributed by atoms with van der Waals surface area (Å²) in [7, 11) is -1.98. The van der Waals surface area contributed by atoms with E-state index in [4.69, 9.17) is 4.74 Å². The first-order valence-corrected chi connectivity index (χ1v) is 10.4. The molecule has 1 aromatic heterocycles. The fourth-order valence-corrected chi connectivity index (χ4v) is 3.83. The van der Waals surface area contributed by atoms with Crippen LogP contribution in [0.1, 0.15) is 11.1 Å². The van der Waals surface area contributed by atoms with Crippen LogP contribution in [0.4, 0.5) is 11.5 Å². The molecule has 0 aliphatic rings. The Morgan fingerprint density at radius 3 is 2.46 bits per heavy atom. The Balaban J connectivity index is 1.55. The Kier molecular flexibility index (Phi) is 6.16. The van der Waals surface area contributed by atoms with Crippen LogP contribution in [0, 0.1) is 6.92 Å². The van der Waals surface area contributed by atoms with E-state index >= 15 is 0 Å². The first-order valence-electron chi connectivity index (χ1n) is 8.88. The lowest BCUT2D eigenvalue weighted by Crippen LogP contribution is -2.13. The Bertz CT molecular complexity index is 1020. The van der Waals surface area contributed by atoms with E-state index in [1.165, 1.54) is 11.8 Å². The molecule has 2 N–H and O–H groups in total. The highest BCUT2D eigenvalue weighted by atomic mass is 32.2. The monoisotopic (exact) mass is 397 g/mol. The van der Waals surface area contributed by atoms with Gasteiger partial charge in [0.05, 0.1) is 23.9 Å². The van der Waals surface area contributed by atoms with Crippen molar-refractivity contribution < 1.29 is 13.2 Å². The van der Waals surface area contributed by atoms with E-state index in [-0.39, 0.29) is 4.90 Å². The van der Waals surface area contributed by atoms with E-state index in [0.29, 0.717) is 18.1 Å². The zero-order valence-electron chi connectivity index (χ0n) is 15.8. The van der Waals surface area contributed by atoms with Crippen LogP contribution < -0.4 is 14.8 Å². The predicted molar refractivity (Wildman–Crippen MR) is 111 cm³/mol. The van der Waals surface area contributed by atoms with Crippen molar-refractivity contribution in [3.8, 4) is 5.75 Å². The quantitative estimate of drug-likeness (QED) is 0.603. The van der Waals surface area contributed by atoms with Gasteiger partial charge in [-0.15, -0.1) is 0 Å². The molecule has 3 rings (SSSR count). The van der Waals surface area contributed by atoms with Crippen LogP contribution in [0.5, 0.6) is 5.75 Å². The van der Waals surface area contributed by atoms with Crippen LogP contribution in [-0.4, -0.2) is 27.1 Å². The van der Waals surface area contributed by atoms with Crippen LogP contribution in [0.15, 0.2) is 71.8 Å². The molecule has 2 aromatic carbocycles. The molecule has 0 fully saturated rings. The third kappa shape index (κ3) is 5.23. The lowest BCUT2D eigenvalue weighted by molar-refractivity contribution is 0.414. The second-order valence-electron chi connectivity index (χ2n) is 6.38. The second kappa shape index (κ2) is 8.75. The van der Waals surface area contributed by atoms with Crippen molar-refractivity contribution in [3.05, 3.63) is 78.0 Å². The molecule has 28 heavy (non-hydrogen) atoms. The van der Waals surface area contributed by atoms with Gasteiger partial charge in [-0.1, -0.05) is 24.3 Å². The van der Waals surface area contributed by atoms with Crippen molar-refractivity contribution in [3.63, 3.8) is 0 Å². The molecule has 0 aliphatic carbocycles. The van der Waals surface area contributed by atoms with Gasteiger partial charge in [0, 0.05) is 6.54 Å². The third-order valence-corrected chi connectivity index (χ3v) is 5.57. The molecule has 0 bridgehead atoms. The van der Waals surface area contributed by atoms with Gasteiger partial charge in [-0.2, -0.15) is 0 Å². The number of pyridine rings is 1. The zero-order valence-corrected chi connectivity index (χ0v) is 16.7. The highest BCUT2D eigenvalue weighted by molar-refractivity contribution is 7.92. The molecule has 0 aliphatic heterocycles. The van der Waals surface area contributed by atoms with Gasteiger partial charge in [0.1, 0.15) is 11.6 Å². The summed E-state index contributed by atoms with van der Waals surface area (Å²) in [5.74, 6) is 1.52. The van der Waals surface area contributed by atoms with Crippen LogP contribution >= 0.6 is 0 Å². The first kappa shape index (κ1) is 19.7. The molecular weight excluding hydrogens is 374 g/mol. The largest absolute Gasteiger partial charge is 0.497 e. The van der Waals surface area contributed by atoms with Crippen molar-refractivity contribution >= 4 is 21.5 Å². The summed E-state index contributed by atoms with van der Waals surface area (Å²) in [5, 5.41) is 3.23. The average molecular weight is 398 g/mol. The highest BCUT2D eigenvalue weighted by Crippen LogP contribution is 2.18. The molecule has 1 heterocycles. The summed E-state index contributed by atoms with van der Waals surface area (Å²) in [6, 6.07) is 18.1. The summed E-state index contributed by atoms with van der Waals surface area (Å²) in [4.78, 5) is 4.51. The van der Waals surface area contributed by atoms with Gasteiger partial charge in [0.2, 0.25) is 0 Å². The molecule has 6 nitrogen and oxygen atoms in total. The topological polar surface area (TPSA) is 80.3 Å².